The zero-order valence-corrected chi connectivity index (χ0v) is 15.9. The second-order valence-corrected chi connectivity index (χ2v) is 7.16. The molecular formula is C19H10F6N2O3S. The lowest BCUT2D eigenvalue weighted by Crippen LogP contribution is -2.36. The molecule has 1 aliphatic heterocycles. The molecule has 5 nitrogen and oxygen atoms in total. The summed E-state index contributed by atoms with van der Waals surface area (Å²) in [5, 5.41) is 1.03. The van der Waals surface area contributed by atoms with Gasteiger partial charge in [0.2, 0.25) is 5.91 Å². The zero-order chi connectivity index (χ0) is 22.9. The van der Waals surface area contributed by atoms with Gasteiger partial charge in [-0.25, -0.2) is 13.2 Å². The fourth-order valence-corrected chi connectivity index (χ4v) is 3.39. The molecule has 1 N–H and O–H groups in total. The maximum absolute atomic E-state index is 13.6. The first-order valence-electron chi connectivity index (χ1n) is 8.33. The van der Waals surface area contributed by atoms with Crippen LogP contribution in [0.4, 0.5) is 36.8 Å². The molecule has 12 heteroatoms. The highest BCUT2D eigenvalue weighted by molar-refractivity contribution is 8.18. The second kappa shape index (κ2) is 8.46. The van der Waals surface area contributed by atoms with Crippen molar-refractivity contribution >= 4 is 40.6 Å². The molecule has 0 radical (unpaired) electrons. The van der Waals surface area contributed by atoms with Crippen molar-refractivity contribution < 1.29 is 40.7 Å². The highest BCUT2D eigenvalue weighted by Gasteiger charge is 2.37. The number of nitrogens with one attached hydrogen (secondary N) is 1. The van der Waals surface area contributed by atoms with E-state index in [4.69, 9.17) is 0 Å². The lowest BCUT2D eigenvalue weighted by molar-refractivity contribution is -0.137. The van der Waals surface area contributed by atoms with Crippen LogP contribution in [0.3, 0.4) is 0 Å². The van der Waals surface area contributed by atoms with Crippen LogP contribution in [0.15, 0.2) is 41.3 Å². The third-order valence-corrected chi connectivity index (χ3v) is 4.90. The van der Waals surface area contributed by atoms with Crippen LogP contribution in [0.25, 0.3) is 6.08 Å². The number of imide groups is 1. The van der Waals surface area contributed by atoms with Crippen molar-refractivity contribution in [3.63, 3.8) is 0 Å². The lowest BCUT2D eigenvalue weighted by Gasteiger charge is -2.13. The van der Waals surface area contributed by atoms with Gasteiger partial charge in [0.05, 0.1) is 16.2 Å². The third-order valence-electron chi connectivity index (χ3n) is 4.00. The van der Waals surface area contributed by atoms with E-state index < -0.39 is 58.5 Å². The van der Waals surface area contributed by atoms with Gasteiger partial charge in [-0.1, -0.05) is 12.1 Å². The van der Waals surface area contributed by atoms with E-state index in [2.05, 4.69) is 0 Å². The van der Waals surface area contributed by atoms with E-state index in [1.54, 1.807) is 0 Å². The van der Waals surface area contributed by atoms with Gasteiger partial charge < -0.3 is 5.32 Å². The Morgan fingerprint density at radius 3 is 2.45 bits per heavy atom. The molecule has 2 aromatic rings. The van der Waals surface area contributed by atoms with Crippen LogP contribution in [-0.4, -0.2) is 28.5 Å². The number of halogens is 6. The standard InChI is InChI=1S/C19H10F6N2O3S/c20-11-4-5-12(16(22)15(11)21)26-14(28)8-27-17(29)13(31-18(27)30)7-9-2-1-3-10(6-9)19(23,24)25/h1-7H,8H2,(H,26,28)/b13-7+. The fourth-order valence-electron chi connectivity index (χ4n) is 2.55. The topological polar surface area (TPSA) is 66.5 Å². The Hall–Kier alpha value is -3.28. The first kappa shape index (κ1) is 22.4. The van der Waals surface area contributed by atoms with E-state index in [1.165, 1.54) is 6.07 Å². The van der Waals surface area contributed by atoms with Crippen LogP contribution < -0.4 is 5.32 Å². The van der Waals surface area contributed by atoms with Crippen molar-refractivity contribution in [1.29, 1.82) is 0 Å². The van der Waals surface area contributed by atoms with Gasteiger partial charge >= 0.3 is 6.18 Å². The van der Waals surface area contributed by atoms with Crippen molar-refractivity contribution in [1.82, 2.24) is 4.90 Å². The Labute approximate surface area is 174 Å². The predicted molar refractivity (Wildman–Crippen MR) is 99.1 cm³/mol. The third kappa shape index (κ3) is 4.90. The van der Waals surface area contributed by atoms with Gasteiger partial charge in [-0.3, -0.25) is 19.3 Å². The molecular weight excluding hydrogens is 450 g/mol. The summed E-state index contributed by atoms with van der Waals surface area (Å²) in [6.45, 7) is -0.872. The molecule has 1 heterocycles. The van der Waals surface area contributed by atoms with Crippen molar-refractivity contribution in [2.45, 2.75) is 6.18 Å². The Kier molecular flexibility index (Phi) is 6.11. The van der Waals surface area contributed by atoms with Gasteiger partial charge in [0, 0.05) is 0 Å². The molecule has 3 amide bonds. The second-order valence-electron chi connectivity index (χ2n) is 6.16. The molecule has 0 aromatic heterocycles. The van der Waals surface area contributed by atoms with E-state index >= 15 is 0 Å². The van der Waals surface area contributed by atoms with E-state index in [0.29, 0.717) is 22.7 Å². The molecule has 1 aliphatic rings. The largest absolute Gasteiger partial charge is 0.416 e. The van der Waals surface area contributed by atoms with Crippen LogP contribution in [0.1, 0.15) is 11.1 Å². The van der Waals surface area contributed by atoms with Crippen molar-refractivity contribution in [3.8, 4) is 0 Å². The number of nitrogens with zero attached hydrogens (tertiary/aromatic N) is 1. The minimum atomic E-state index is -4.60. The normalized spacial score (nSPS) is 15.7. The minimum absolute atomic E-state index is 0.00800. The Bertz CT molecular complexity index is 1120. The predicted octanol–water partition coefficient (Wildman–Crippen LogP) is 4.80. The maximum Gasteiger partial charge on any atom is 0.416 e. The van der Waals surface area contributed by atoms with Gasteiger partial charge in [-0.15, -0.1) is 0 Å². The number of amides is 3. The number of thioether (sulfide) groups is 1. The summed E-state index contributed by atoms with van der Waals surface area (Å²) >= 11 is 0.399. The van der Waals surface area contributed by atoms with Crippen LogP contribution >= 0.6 is 11.8 Å². The molecule has 0 saturated carbocycles. The fraction of sp³-hybridized carbons (Fsp3) is 0.105. The molecule has 31 heavy (non-hydrogen) atoms. The average molecular weight is 460 g/mol. The van der Waals surface area contributed by atoms with Crippen molar-refractivity contribution in [2.75, 3.05) is 11.9 Å². The molecule has 0 spiro atoms. The molecule has 3 rings (SSSR count). The number of rotatable bonds is 4. The van der Waals surface area contributed by atoms with Gasteiger partial charge in [0.25, 0.3) is 11.1 Å². The zero-order valence-electron chi connectivity index (χ0n) is 15.1. The molecule has 0 aliphatic carbocycles. The summed E-state index contributed by atoms with van der Waals surface area (Å²) in [7, 11) is 0. The SMILES string of the molecule is O=C(CN1C(=O)S/C(=C/c2cccc(C(F)(F)F)c2)C1=O)Nc1ccc(F)c(F)c1F. The smallest absolute Gasteiger partial charge is 0.322 e. The van der Waals surface area contributed by atoms with Crippen LogP contribution in [0, 0.1) is 17.5 Å². The highest BCUT2D eigenvalue weighted by Crippen LogP contribution is 2.34. The summed E-state index contributed by atoms with van der Waals surface area (Å²) in [5.74, 6) is -6.97. The van der Waals surface area contributed by atoms with Gasteiger partial charge in [-0.05, 0) is 47.7 Å². The monoisotopic (exact) mass is 460 g/mol. The molecule has 2 aromatic carbocycles. The van der Waals surface area contributed by atoms with E-state index in [0.717, 1.165) is 30.3 Å². The summed E-state index contributed by atoms with van der Waals surface area (Å²) in [4.78, 5) is 36.7. The minimum Gasteiger partial charge on any atom is -0.322 e. The van der Waals surface area contributed by atoms with Gasteiger partial charge in [0.1, 0.15) is 6.54 Å². The number of alkyl halides is 3. The van der Waals surface area contributed by atoms with E-state index in [1.807, 2.05) is 5.32 Å². The summed E-state index contributed by atoms with van der Waals surface area (Å²) in [5.41, 5.74) is -1.64. The summed E-state index contributed by atoms with van der Waals surface area (Å²) < 4.78 is 78.2. The summed E-state index contributed by atoms with van der Waals surface area (Å²) in [6.07, 6.45) is -3.54. The quantitative estimate of drug-likeness (QED) is 0.405. The number of hydrogen-bond donors (Lipinski definition) is 1. The first-order chi connectivity index (χ1) is 14.5. The molecule has 0 unspecified atom stereocenters. The van der Waals surface area contributed by atoms with Gasteiger partial charge in [-0.2, -0.15) is 13.2 Å². The summed E-state index contributed by atoms with van der Waals surface area (Å²) in [6, 6.07) is 5.38. The van der Waals surface area contributed by atoms with E-state index in [-0.39, 0.29) is 10.5 Å². The first-order valence-corrected chi connectivity index (χ1v) is 9.15. The Balaban J connectivity index is 1.74. The Morgan fingerprint density at radius 1 is 1.06 bits per heavy atom. The Morgan fingerprint density at radius 2 is 1.77 bits per heavy atom. The number of anilines is 1. The van der Waals surface area contributed by atoms with Crippen LogP contribution in [-0.2, 0) is 15.8 Å². The highest BCUT2D eigenvalue weighted by atomic mass is 32.2. The van der Waals surface area contributed by atoms with Crippen molar-refractivity contribution in [3.05, 3.63) is 69.9 Å². The maximum atomic E-state index is 13.6. The van der Waals surface area contributed by atoms with Crippen molar-refractivity contribution in [2.24, 2.45) is 0 Å². The lowest BCUT2D eigenvalue weighted by atomic mass is 10.1. The van der Waals surface area contributed by atoms with Crippen LogP contribution in [0.2, 0.25) is 0 Å². The van der Waals surface area contributed by atoms with E-state index in [9.17, 15) is 40.7 Å². The molecule has 1 saturated heterocycles. The number of carbonyl (C=O) groups is 3. The molecule has 1 fully saturated rings. The number of carbonyl (C=O) groups excluding carboxylic acids is 3. The number of benzene rings is 2. The van der Waals surface area contributed by atoms with Crippen LogP contribution in [0.5, 0.6) is 0 Å². The number of hydrogen-bond acceptors (Lipinski definition) is 4. The molecule has 0 atom stereocenters. The molecule has 162 valence electrons. The molecule has 0 bridgehead atoms. The average Bonchev–Trinajstić information content (AvgIpc) is 2.95. The van der Waals surface area contributed by atoms with Gasteiger partial charge in [0.15, 0.2) is 17.5 Å².